The van der Waals surface area contributed by atoms with Gasteiger partial charge in [-0.05, 0) is 41.1 Å². The van der Waals surface area contributed by atoms with Crippen LogP contribution in [0.3, 0.4) is 0 Å². The van der Waals surface area contributed by atoms with Gasteiger partial charge in [0.15, 0.2) is 0 Å². The van der Waals surface area contributed by atoms with Crippen LogP contribution in [0.4, 0.5) is 0 Å². The van der Waals surface area contributed by atoms with Crippen LogP contribution in [0.1, 0.15) is 0 Å². The van der Waals surface area contributed by atoms with E-state index in [4.69, 9.17) is 4.42 Å². The first-order valence-electron chi connectivity index (χ1n) is 8.73. The van der Waals surface area contributed by atoms with Crippen molar-refractivity contribution in [3.63, 3.8) is 0 Å². The summed E-state index contributed by atoms with van der Waals surface area (Å²) >= 11 is 5.28. The number of hydrogen-bond acceptors (Lipinski definition) is 2. The molecule has 1 aromatic heterocycles. The molecule has 4 aromatic carbocycles. The van der Waals surface area contributed by atoms with E-state index in [1.807, 2.05) is 6.07 Å². The normalized spacial score (nSPS) is 11.3. The smallest absolute Gasteiger partial charge is 0.149 e. The first kappa shape index (κ1) is 16.7. The Morgan fingerprint density at radius 1 is 0.704 bits per heavy atom. The van der Waals surface area contributed by atoms with Gasteiger partial charge >= 0.3 is 0 Å². The highest BCUT2D eigenvalue weighted by Crippen LogP contribution is 2.45. The standard InChI is InChI=1S/C24H15BrOS/c25-18-13-10-17(11-14-18)23-24(27-19-7-2-1-3-8-19)22-20-9-5-4-6-16(20)12-15-21(22)26-23/h1-15H. The van der Waals surface area contributed by atoms with E-state index >= 15 is 0 Å². The fourth-order valence-electron chi connectivity index (χ4n) is 3.34. The zero-order valence-corrected chi connectivity index (χ0v) is 16.8. The van der Waals surface area contributed by atoms with Crippen molar-refractivity contribution in [2.75, 3.05) is 0 Å². The molecule has 27 heavy (non-hydrogen) atoms. The molecule has 0 saturated heterocycles. The summed E-state index contributed by atoms with van der Waals surface area (Å²) in [6.45, 7) is 0. The van der Waals surface area contributed by atoms with Crippen LogP contribution in [-0.4, -0.2) is 0 Å². The van der Waals surface area contributed by atoms with Crippen LogP contribution in [0, 0.1) is 0 Å². The molecule has 0 amide bonds. The quantitative estimate of drug-likeness (QED) is 0.286. The zero-order valence-electron chi connectivity index (χ0n) is 14.4. The summed E-state index contributed by atoms with van der Waals surface area (Å²) < 4.78 is 7.43. The number of fused-ring (bicyclic) bond motifs is 3. The van der Waals surface area contributed by atoms with Crippen LogP contribution in [0.15, 0.2) is 110 Å². The van der Waals surface area contributed by atoms with Gasteiger partial charge in [-0.1, -0.05) is 88.4 Å². The van der Waals surface area contributed by atoms with Crippen molar-refractivity contribution in [2.24, 2.45) is 0 Å². The first-order valence-corrected chi connectivity index (χ1v) is 10.3. The fraction of sp³-hybridized carbons (Fsp3) is 0. The molecule has 0 aliphatic rings. The second kappa shape index (κ2) is 6.91. The van der Waals surface area contributed by atoms with E-state index in [0.29, 0.717) is 0 Å². The number of hydrogen-bond donors (Lipinski definition) is 0. The van der Waals surface area contributed by atoms with E-state index < -0.39 is 0 Å². The topological polar surface area (TPSA) is 13.1 Å². The Morgan fingerprint density at radius 3 is 2.26 bits per heavy atom. The van der Waals surface area contributed by atoms with E-state index in [0.717, 1.165) is 26.3 Å². The Bertz CT molecular complexity index is 1240. The van der Waals surface area contributed by atoms with E-state index in [1.165, 1.54) is 21.1 Å². The average molecular weight is 431 g/mol. The molecular formula is C24H15BrOS. The molecule has 5 aromatic rings. The highest BCUT2D eigenvalue weighted by Gasteiger charge is 2.19. The Kier molecular flexibility index (Phi) is 4.27. The molecule has 0 aliphatic carbocycles. The second-order valence-electron chi connectivity index (χ2n) is 6.34. The highest BCUT2D eigenvalue weighted by atomic mass is 79.9. The fourth-order valence-corrected chi connectivity index (χ4v) is 4.69. The monoisotopic (exact) mass is 430 g/mol. The summed E-state index contributed by atoms with van der Waals surface area (Å²) in [7, 11) is 0. The largest absolute Gasteiger partial charge is 0.455 e. The van der Waals surface area contributed by atoms with Gasteiger partial charge in [-0.25, -0.2) is 0 Å². The van der Waals surface area contributed by atoms with Crippen LogP contribution in [0.25, 0.3) is 33.1 Å². The van der Waals surface area contributed by atoms with Gasteiger partial charge in [0.05, 0.1) is 4.90 Å². The lowest BCUT2D eigenvalue weighted by Gasteiger charge is -2.05. The molecule has 0 atom stereocenters. The van der Waals surface area contributed by atoms with Crippen molar-refractivity contribution in [3.8, 4) is 11.3 Å². The predicted molar refractivity (Wildman–Crippen MR) is 117 cm³/mol. The number of furan rings is 1. The van der Waals surface area contributed by atoms with E-state index in [2.05, 4.69) is 101 Å². The maximum Gasteiger partial charge on any atom is 0.149 e. The molecule has 0 bridgehead atoms. The van der Waals surface area contributed by atoms with Crippen molar-refractivity contribution in [1.29, 1.82) is 0 Å². The molecule has 1 heterocycles. The second-order valence-corrected chi connectivity index (χ2v) is 8.34. The third-order valence-electron chi connectivity index (χ3n) is 4.61. The molecule has 3 heteroatoms. The minimum Gasteiger partial charge on any atom is -0.455 e. The Balaban J connectivity index is 1.82. The maximum absolute atomic E-state index is 6.37. The first-order chi connectivity index (χ1) is 13.3. The third-order valence-corrected chi connectivity index (χ3v) is 6.24. The molecule has 0 spiro atoms. The van der Waals surface area contributed by atoms with Crippen LogP contribution in [-0.2, 0) is 0 Å². The van der Waals surface area contributed by atoms with Crippen LogP contribution < -0.4 is 0 Å². The lowest BCUT2D eigenvalue weighted by atomic mass is 10.1. The predicted octanol–water partition coefficient (Wildman–Crippen LogP) is 8.17. The lowest BCUT2D eigenvalue weighted by molar-refractivity contribution is 0.625. The molecule has 5 rings (SSSR count). The van der Waals surface area contributed by atoms with Gasteiger partial charge < -0.3 is 4.42 Å². The molecular weight excluding hydrogens is 416 g/mol. The summed E-state index contributed by atoms with van der Waals surface area (Å²) in [5, 5.41) is 3.63. The molecule has 0 unspecified atom stereocenters. The summed E-state index contributed by atoms with van der Waals surface area (Å²) in [4.78, 5) is 2.36. The van der Waals surface area contributed by atoms with Crippen molar-refractivity contribution in [3.05, 3.63) is 95.5 Å². The third kappa shape index (κ3) is 3.07. The van der Waals surface area contributed by atoms with Crippen molar-refractivity contribution in [1.82, 2.24) is 0 Å². The number of benzene rings is 4. The number of halogens is 1. The molecule has 0 fully saturated rings. The maximum atomic E-state index is 6.37. The average Bonchev–Trinajstić information content (AvgIpc) is 3.08. The minimum atomic E-state index is 0.919. The van der Waals surface area contributed by atoms with Crippen molar-refractivity contribution in [2.45, 2.75) is 9.79 Å². The molecule has 0 aliphatic heterocycles. The Hall–Kier alpha value is -2.49. The van der Waals surface area contributed by atoms with Gasteiger partial charge in [0.2, 0.25) is 0 Å². The van der Waals surface area contributed by atoms with Gasteiger partial charge in [-0.3, -0.25) is 0 Å². The van der Waals surface area contributed by atoms with Crippen molar-refractivity contribution >= 4 is 49.4 Å². The Labute approximate surface area is 170 Å². The van der Waals surface area contributed by atoms with Crippen LogP contribution in [0.2, 0.25) is 0 Å². The Morgan fingerprint density at radius 2 is 1.44 bits per heavy atom. The SMILES string of the molecule is Brc1ccc(-c2oc3ccc4ccccc4c3c2Sc2ccccc2)cc1. The molecule has 1 nitrogen and oxygen atoms in total. The molecule has 0 radical (unpaired) electrons. The highest BCUT2D eigenvalue weighted by molar-refractivity contribution is 9.10. The van der Waals surface area contributed by atoms with Gasteiger partial charge in [-0.15, -0.1) is 0 Å². The summed E-state index contributed by atoms with van der Waals surface area (Å²) in [6.07, 6.45) is 0. The summed E-state index contributed by atoms with van der Waals surface area (Å²) in [5.41, 5.74) is 2.00. The molecule has 0 N–H and O–H groups in total. The van der Waals surface area contributed by atoms with Gasteiger partial charge in [0.25, 0.3) is 0 Å². The van der Waals surface area contributed by atoms with Crippen molar-refractivity contribution < 1.29 is 4.42 Å². The summed E-state index contributed by atoms with van der Waals surface area (Å²) in [5.74, 6) is 0.919. The minimum absolute atomic E-state index is 0.919. The van der Waals surface area contributed by atoms with Crippen LogP contribution in [0.5, 0.6) is 0 Å². The lowest BCUT2D eigenvalue weighted by Crippen LogP contribution is -1.80. The van der Waals surface area contributed by atoms with Gasteiger partial charge in [-0.2, -0.15) is 0 Å². The molecule has 130 valence electrons. The van der Waals surface area contributed by atoms with Crippen LogP contribution >= 0.6 is 27.7 Å². The van der Waals surface area contributed by atoms with Gasteiger partial charge in [0.1, 0.15) is 11.3 Å². The molecule has 0 saturated carbocycles. The van der Waals surface area contributed by atoms with E-state index in [-0.39, 0.29) is 0 Å². The number of rotatable bonds is 3. The van der Waals surface area contributed by atoms with E-state index in [9.17, 15) is 0 Å². The zero-order chi connectivity index (χ0) is 18.2. The van der Waals surface area contributed by atoms with Gasteiger partial charge in [0, 0.05) is 20.3 Å². The van der Waals surface area contributed by atoms with E-state index in [1.54, 1.807) is 11.8 Å². The summed E-state index contributed by atoms with van der Waals surface area (Å²) in [6, 6.07) is 31.5.